The summed E-state index contributed by atoms with van der Waals surface area (Å²) in [6.07, 6.45) is 3.35. The van der Waals surface area contributed by atoms with Crippen LogP contribution in [-0.4, -0.2) is 16.7 Å². The average Bonchev–Trinajstić information content (AvgIpc) is 2.81. The van der Waals surface area contributed by atoms with Crippen molar-refractivity contribution < 1.29 is 44.3 Å². The topological polar surface area (TPSA) is 73.0 Å². The number of carbonyl (C=O) groups excluding carboxylic acids is 2. The van der Waals surface area contributed by atoms with E-state index in [9.17, 15) is 14.7 Å². The van der Waals surface area contributed by atoms with Gasteiger partial charge in [0.05, 0.1) is 5.69 Å². The Kier molecular flexibility index (Phi) is 4.13. The number of carboxylic acid groups (broad SMARTS) is 1. The molecule has 0 saturated heterocycles. The van der Waals surface area contributed by atoms with Gasteiger partial charge in [-0.25, -0.2) is 0 Å². The number of aliphatic carboxylic acids is 1. The molecule has 0 aliphatic heterocycles. The number of H-pyrrole nitrogens is 1. The molecule has 2 rings (SSSR count). The molecule has 1 N–H and O–H groups in total. The Balaban J connectivity index is 0.00000112. The second-order valence-corrected chi connectivity index (χ2v) is 3.66. The van der Waals surface area contributed by atoms with Crippen LogP contribution in [0.4, 0.5) is 0 Å². The minimum Gasteiger partial charge on any atom is -0.541 e. The number of aromatic amines is 1. The van der Waals surface area contributed by atoms with Gasteiger partial charge in [-0.2, -0.15) is 0 Å². The van der Waals surface area contributed by atoms with Gasteiger partial charge < -0.3 is 14.9 Å². The first-order valence-electron chi connectivity index (χ1n) is 4.60. The smallest absolute Gasteiger partial charge is 0.541 e. The maximum Gasteiger partial charge on any atom is 1.00 e. The van der Waals surface area contributed by atoms with Crippen LogP contribution in [0.5, 0.6) is 0 Å². The molecule has 1 fully saturated rings. The fourth-order valence-corrected chi connectivity index (χ4v) is 1.43. The van der Waals surface area contributed by atoms with Gasteiger partial charge in [-0.15, -0.1) is 0 Å². The molecule has 1 aromatic heterocycles. The second kappa shape index (κ2) is 4.96. The van der Waals surface area contributed by atoms with Gasteiger partial charge >= 0.3 is 29.6 Å². The quantitative estimate of drug-likeness (QED) is 0.328. The Bertz CT molecular complexity index is 382. The van der Waals surface area contributed by atoms with E-state index in [2.05, 4.69) is 4.98 Å². The number of carbonyl (C=O) groups is 2. The molecule has 0 unspecified atom stereocenters. The average molecular weight is 215 g/mol. The van der Waals surface area contributed by atoms with Crippen molar-refractivity contribution in [1.82, 2.24) is 4.98 Å². The van der Waals surface area contributed by atoms with Gasteiger partial charge in [0, 0.05) is 5.69 Å². The summed E-state index contributed by atoms with van der Waals surface area (Å²) in [5, 5.41) is 10.3. The van der Waals surface area contributed by atoms with E-state index in [1.54, 1.807) is 6.07 Å². The maximum absolute atomic E-state index is 11.0. The molecule has 15 heavy (non-hydrogen) atoms. The Morgan fingerprint density at radius 3 is 2.60 bits per heavy atom. The normalized spacial score (nSPS) is 14.4. The van der Waals surface area contributed by atoms with E-state index in [0.717, 1.165) is 12.1 Å². The van der Waals surface area contributed by atoms with Crippen molar-refractivity contribution in [3.8, 4) is 0 Å². The fraction of sp³-hybridized carbons (Fsp3) is 0.400. The maximum atomic E-state index is 11.0. The summed E-state index contributed by atoms with van der Waals surface area (Å²) in [6, 6.07) is 3.25. The first kappa shape index (κ1) is 12.5. The number of hydrogen-bond acceptors (Lipinski definition) is 3. The van der Waals surface area contributed by atoms with Crippen LogP contribution in [0.15, 0.2) is 12.1 Å². The van der Waals surface area contributed by atoms with Crippen molar-refractivity contribution in [3.05, 3.63) is 23.5 Å². The van der Waals surface area contributed by atoms with Crippen LogP contribution in [0.1, 0.15) is 29.0 Å². The van der Waals surface area contributed by atoms with E-state index >= 15 is 0 Å². The van der Waals surface area contributed by atoms with Gasteiger partial charge in [0.1, 0.15) is 5.97 Å². The molecule has 4 nitrogen and oxygen atoms in total. The summed E-state index contributed by atoms with van der Waals surface area (Å²) >= 11 is 0. The zero-order valence-corrected chi connectivity index (χ0v) is 10.6. The monoisotopic (exact) mass is 215 g/mol. The first-order chi connectivity index (χ1) is 6.66. The molecule has 0 aromatic carbocycles. The van der Waals surface area contributed by atoms with E-state index < -0.39 is 11.8 Å². The van der Waals surface area contributed by atoms with Gasteiger partial charge in [-0.05, 0) is 37.3 Å². The number of rotatable bonds is 4. The minimum atomic E-state index is -1.66. The van der Waals surface area contributed by atoms with Crippen molar-refractivity contribution in [2.75, 3.05) is 0 Å². The molecule has 0 atom stereocenters. The molecule has 0 spiro atoms. The predicted molar refractivity (Wildman–Crippen MR) is 46.6 cm³/mol. The van der Waals surface area contributed by atoms with Crippen molar-refractivity contribution in [2.24, 2.45) is 5.92 Å². The van der Waals surface area contributed by atoms with Crippen LogP contribution in [0.2, 0.25) is 0 Å². The summed E-state index contributed by atoms with van der Waals surface area (Å²) in [6.45, 7) is 0. The molecular formula is C10H10NNaO3. The first-order valence-corrected chi connectivity index (χ1v) is 4.60. The molecule has 1 aromatic rings. The van der Waals surface area contributed by atoms with E-state index in [1.165, 1.54) is 18.9 Å². The Labute approximate surface area is 109 Å². The van der Waals surface area contributed by atoms with E-state index in [1.807, 2.05) is 0 Å². The second-order valence-electron chi connectivity index (χ2n) is 3.66. The minimum absolute atomic E-state index is 0. The van der Waals surface area contributed by atoms with Crippen molar-refractivity contribution in [2.45, 2.75) is 19.3 Å². The third kappa shape index (κ3) is 3.19. The SMILES string of the molecule is O=C([O-])C(=O)c1ccc(CC2CC2)[nH]1.[Na+]. The number of nitrogens with one attached hydrogen (secondary N) is 1. The van der Waals surface area contributed by atoms with Crippen LogP contribution in [-0.2, 0) is 11.2 Å². The van der Waals surface area contributed by atoms with Gasteiger partial charge in [0.2, 0.25) is 5.78 Å². The molecular weight excluding hydrogens is 205 g/mol. The van der Waals surface area contributed by atoms with Gasteiger partial charge in [-0.1, -0.05) is 0 Å². The van der Waals surface area contributed by atoms with Crippen molar-refractivity contribution >= 4 is 11.8 Å². The van der Waals surface area contributed by atoms with Crippen LogP contribution in [0.25, 0.3) is 0 Å². The molecule has 0 bridgehead atoms. The third-order valence-electron chi connectivity index (χ3n) is 2.38. The number of carboxylic acids is 1. The Morgan fingerprint density at radius 1 is 1.40 bits per heavy atom. The third-order valence-corrected chi connectivity index (χ3v) is 2.38. The van der Waals surface area contributed by atoms with E-state index in [0.29, 0.717) is 5.92 Å². The van der Waals surface area contributed by atoms with Crippen LogP contribution in [0.3, 0.4) is 0 Å². The molecule has 1 heterocycles. The van der Waals surface area contributed by atoms with Gasteiger partial charge in [0.25, 0.3) is 0 Å². The zero-order chi connectivity index (χ0) is 10.1. The predicted octanol–water partition coefficient (Wildman–Crippen LogP) is -3.10. The molecule has 1 aliphatic carbocycles. The van der Waals surface area contributed by atoms with E-state index in [-0.39, 0.29) is 35.3 Å². The Morgan fingerprint density at radius 2 is 2.07 bits per heavy atom. The number of Topliss-reactive ketones (excluding diaryl/α,β-unsaturated/α-hetero) is 1. The fourth-order valence-electron chi connectivity index (χ4n) is 1.43. The summed E-state index contributed by atoms with van der Waals surface area (Å²) in [4.78, 5) is 24.0. The zero-order valence-electron chi connectivity index (χ0n) is 8.58. The molecule has 5 heteroatoms. The summed E-state index contributed by atoms with van der Waals surface area (Å²) in [5.74, 6) is -1.93. The van der Waals surface area contributed by atoms with Crippen LogP contribution in [0, 0.1) is 5.92 Å². The molecule has 1 aliphatic rings. The molecule has 74 valence electrons. The number of hydrogen-bond donors (Lipinski definition) is 1. The van der Waals surface area contributed by atoms with Crippen molar-refractivity contribution in [3.63, 3.8) is 0 Å². The molecule has 0 amide bonds. The van der Waals surface area contributed by atoms with Gasteiger partial charge in [0.15, 0.2) is 0 Å². The summed E-state index contributed by atoms with van der Waals surface area (Å²) in [7, 11) is 0. The van der Waals surface area contributed by atoms with Crippen LogP contribution < -0.4 is 34.7 Å². The number of ketones is 1. The largest absolute Gasteiger partial charge is 1.00 e. The Hall–Kier alpha value is -0.580. The molecule has 0 radical (unpaired) electrons. The summed E-state index contributed by atoms with van der Waals surface area (Å²) in [5.41, 5.74) is 1.04. The molecule has 1 saturated carbocycles. The van der Waals surface area contributed by atoms with Gasteiger partial charge in [-0.3, -0.25) is 4.79 Å². The van der Waals surface area contributed by atoms with Crippen LogP contribution >= 0.6 is 0 Å². The summed E-state index contributed by atoms with van der Waals surface area (Å²) < 4.78 is 0. The number of aromatic nitrogens is 1. The van der Waals surface area contributed by atoms with Crippen molar-refractivity contribution in [1.29, 1.82) is 0 Å². The standard InChI is InChI=1S/C10H11NO3.Na/c12-9(10(13)14)8-4-3-7(11-8)5-6-1-2-6;/h3-4,6,11H,1-2,5H2,(H,13,14);/q;+1/p-1. The van der Waals surface area contributed by atoms with E-state index in [4.69, 9.17) is 0 Å².